The van der Waals surface area contributed by atoms with E-state index in [2.05, 4.69) is 21.2 Å². The molecule has 20 heavy (non-hydrogen) atoms. The third kappa shape index (κ3) is 3.71. The van der Waals surface area contributed by atoms with E-state index in [9.17, 15) is 4.79 Å². The van der Waals surface area contributed by atoms with E-state index in [1.807, 2.05) is 31.2 Å². The maximum Gasteiger partial charge on any atom is 0.287 e. The molecule has 0 saturated heterocycles. The van der Waals surface area contributed by atoms with E-state index in [1.165, 1.54) is 0 Å². The minimum atomic E-state index is -0.208. The Bertz CT molecular complexity index is 590. The number of rotatable bonds is 5. The average Bonchev–Trinajstić information content (AvgIpc) is 2.78. The Balaban J connectivity index is 1.86. The van der Waals surface area contributed by atoms with Crippen molar-refractivity contribution in [2.45, 2.75) is 20.0 Å². The van der Waals surface area contributed by atoms with E-state index in [1.54, 1.807) is 6.07 Å². The smallest absolute Gasteiger partial charge is 0.287 e. The molecule has 106 valence electrons. The first-order valence-corrected chi connectivity index (χ1v) is 7.12. The summed E-state index contributed by atoms with van der Waals surface area (Å²) in [6.07, 6.45) is 0.734. The van der Waals surface area contributed by atoms with Crippen molar-refractivity contribution in [2.75, 3.05) is 6.54 Å². The number of aliphatic hydroxyl groups is 1. The summed E-state index contributed by atoms with van der Waals surface area (Å²) in [6, 6.07) is 9.43. The lowest BCUT2D eigenvalue weighted by molar-refractivity contribution is 0.0924. The van der Waals surface area contributed by atoms with Gasteiger partial charge in [0.25, 0.3) is 5.91 Å². The quantitative estimate of drug-likeness (QED) is 0.881. The number of halogens is 1. The third-order valence-electron chi connectivity index (χ3n) is 3.00. The second-order valence-electron chi connectivity index (χ2n) is 4.54. The van der Waals surface area contributed by atoms with Crippen LogP contribution in [0, 0.1) is 6.92 Å². The zero-order valence-corrected chi connectivity index (χ0v) is 12.7. The zero-order valence-electron chi connectivity index (χ0n) is 11.1. The Morgan fingerprint density at radius 3 is 2.50 bits per heavy atom. The molecule has 0 aliphatic carbocycles. The highest BCUT2D eigenvalue weighted by atomic mass is 79.9. The van der Waals surface area contributed by atoms with Crippen molar-refractivity contribution in [1.29, 1.82) is 0 Å². The molecule has 4 nitrogen and oxygen atoms in total. The Labute approximate surface area is 125 Å². The van der Waals surface area contributed by atoms with E-state index in [0.29, 0.717) is 17.0 Å². The molecule has 0 fully saturated rings. The predicted molar refractivity (Wildman–Crippen MR) is 79.5 cm³/mol. The van der Waals surface area contributed by atoms with E-state index >= 15 is 0 Å². The average molecular weight is 338 g/mol. The summed E-state index contributed by atoms with van der Waals surface area (Å²) in [4.78, 5) is 11.9. The van der Waals surface area contributed by atoms with Gasteiger partial charge < -0.3 is 14.8 Å². The summed E-state index contributed by atoms with van der Waals surface area (Å²) in [6.45, 7) is 2.41. The highest BCUT2D eigenvalue weighted by Gasteiger charge is 2.14. The molecule has 1 aromatic carbocycles. The van der Waals surface area contributed by atoms with Crippen LogP contribution in [0.3, 0.4) is 0 Å². The van der Waals surface area contributed by atoms with Crippen LogP contribution in [0.4, 0.5) is 0 Å². The lowest BCUT2D eigenvalue weighted by Gasteiger charge is -2.05. The van der Waals surface area contributed by atoms with Gasteiger partial charge in [-0.05, 0) is 46.5 Å². The monoisotopic (exact) mass is 337 g/mol. The fourth-order valence-corrected chi connectivity index (χ4v) is 2.39. The molecule has 0 bridgehead atoms. The summed E-state index contributed by atoms with van der Waals surface area (Å²) in [5.41, 5.74) is 2.80. The number of aliphatic hydroxyl groups excluding tert-OH is 1. The summed E-state index contributed by atoms with van der Waals surface area (Å²) < 4.78 is 5.84. The van der Waals surface area contributed by atoms with Gasteiger partial charge in [-0.25, -0.2) is 0 Å². The van der Waals surface area contributed by atoms with Crippen LogP contribution in [0.2, 0.25) is 0 Å². The molecule has 5 heteroatoms. The Hall–Kier alpha value is -1.59. The highest BCUT2D eigenvalue weighted by Crippen LogP contribution is 2.19. The van der Waals surface area contributed by atoms with Crippen LogP contribution < -0.4 is 5.32 Å². The molecule has 2 aromatic rings. The number of nitrogens with one attached hydrogen (secondary N) is 1. The maximum absolute atomic E-state index is 11.9. The van der Waals surface area contributed by atoms with Crippen molar-refractivity contribution < 1.29 is 14.3 Å². The first-order chi connectivity index (χ1) is 9.60. The van der Waals surface area contributed by atoms with Crippen molar-refractivity contribution in [3.63, 3.8) is 0 Å². The second kappa shape index (κ2) is 6.72. The van der Waals surface area contributed by atoms with Gasteiger partial charge in [0.2, 0.25) is 0 Å². The zero-order chi connectivity index (χ0) is 14.5. The summed E-state index contributed by atoms with van der Waals surface area (Å²) in [5, 5.41) is 11.8. The van der Waals surface area contributed by atoms with Crippen molar-refractivity contribution >= 4 is 21.8 Å². The van der Waals surface area contributed by atoms with Gasteiger partial charge in [-0.2, -0.15) is 0 Å². The van der Waals surface area contributed by atoms with Crippen LogP contribution in [-0.4, -0.2) is 17.6 Å². The lowest BCUT2D eigenvalue weighted by atomic mass is 10.1. The van der Waals surface area contributed by atoms with E-state index in [-0.39, 0.29) is 12.5 Å². The van der Waals surface area contributed by atoms with Gasteiger partial charge in [-0.15, -0.1) is 0 Å². The molecule has 0 radical (unpaired) electrons. The van der Waals surface area contributed by atoms with E-state index in [0.717, 1.165) is 23.1 Å². The minimum Gasteiger partial charge on any atom is -0.444 e. The second-order valence-corrected chi connectivity index (χ2v) is 5.32. The Kier molecular flexibility index (Phi) is 4.98. The number of hydrogen-bond donors (Lipinski definition) is 2. The molecule has 1 aromatic heterocycles. The molecule has 0 spiro atoms. The molecule has 0 aliphatic rings. The van der Waals surface area contributed by atoms with Crippen LogP contribution in [0.1, 0.15) is 27.2 Å². The predicted octanol–water partition coefficient (Wildman–Crippen LogP) is 2.82. The fraction of sp³-hybridized carbons (Fsp3) is 0.267. The number of aryl methyl sites for hydroxylation is 1. The van der Waals surface area contributed by atoms with Gasteiger partial charge in [0.05, 0.1) is 6.61 Å². The number of furan rings is 1. The summed E-state index contributed by atoms with van der Waals surface area (Å²) in [7, 11) is 0. The number of carbonyl (C=O) groups is 1. The lowest BCUT2D eigenvalue weighted by Crippen LogP contribution is -2.25. The topological polar surface area (TPSA) is 62.5 Å². The molecule has 1 heterocycles. The van der Waals surface area contributed by atoms with Crippen molar-refractivity contribution in [3.8, 4) is 0 Å². The largest absolute Gasteiger partial charge is 0.444 e. The number of benzene rings is 1. The van der Waals surface area contributed by atoms with Crippen LogP contribution in [-0.2, 0) is 13.0 Å². The summed E-state index contributed by atoms with van der Waals surface area (Å²) >= 11 is 3.20. The first kappa shape index (κ1) is 14.8. The van der Waals surface area contributed by atoms with E-state index < -0.39 is 0 Å². The molecule has 0 saturated carbocycles. The van der Waals surface area contributed by atoms with Crippen molar-refractivity contribution in [2.24, 2.45) is 0 Å². The molecule has 0 aliphatic heterocycles. The normalized spacial score (nSPS) is 10.6. The first-order valence-electron chi connectivity index (χ1n) is 6.33. The van der Waals surface area contributed by atoms with Gasteiger partial charge in [-0.3, -0.25) is 4.79 Å². The van der Waals surface area contributed by atoms with Gasteiger partial charge in [0.1, 0.15) is 0 Å². The Morgan fingerprint density at radius 2 is 1.95 bits per heavy atom. The van der Waals surface area contributed by atoms with Crippen molar-refractivity contribution in [1.82, 2.24) is 5.32 Å². The van der Waals surface area contributed by atoms with Crippen LogP contribution >= 0.6 is 15.9 Å². The van der Waals surface area contributed by atoms with Gasteiger partial charge in [-0.1, -0.05) is 24.3 Å². The minimum absolute atomic E-state index is 0.0453. The third-order valence-corrected chi connectivity index (χ3v) is 3.39. The SMILES string of the molecule is Cc1cc(Br)oc1C(=O)NCCc1ccc(CO)cc1. The van der Waals surface area contributed by atoms with Gasteiger partial charge in [0, 0.05) is 12.1 Å². The van der Waals surface area contributed by atoms with Gasteiger partial charge in [0.15, 0.2) is 10.4 Å². The van der Waals surface area contributed by atoms with Crippen LogP contribution in [0.15, 0.2) is 39.4 Å². The molecule has 2 rings (SSSR count). The number of amides is 1. The molecule has 2 N–H and O–H groups in total. The number of hydrogen-bond acceptors (Lipinski definition) is 3. The van der Waals surface area contributed by atoms with Gasteiger partial charge >= 0.3 is 0 Å². The maximum atomic E-state index is 11.9. The van der Waals surface area contributed by atoms with E-state index in [4.69, 9.17) is 9.52 Å². The highest BCUT2D eigenvalue weighted by molar-refractivity contribution is 9.10. The van der Waals surface area contributed by atoms with Crippen LogP contribution in [0.5, 0.6) is 0 Å². The molecule has 0 atom stereocenters. The Morgan fingerprint density at radius 1 is 1.30 bits per heavy atom. The summed E-state index contributed by atoms with van der Waals surface area (Å²) in [5.74, 6) is 0.132. The molecular formula is C15H16BrNO3. The van der Waals surface area contributed by atoms with Crippen LogP contribution in [0.25, 0.3) is 0 Å². The molecule has 1 amide bonds. The fourth-order valence-electron chi connectivity index (χ4n) is 1.88. The molecule has 0 unspecified atom stereocenters. The number of carbonyl (C=O) groups excluding carboxylic acids is 1. The standard InChI is InChI=1S/C15H16BrNO3/c1-10-8-13(16)20-14(10)15(19)17-7-6-11-2-4-12(9-18)5-3-11/h2-5,8,18H,6-7,9H2,1H3,(H,17,19). The van der Waals surface area contributed by atoms with Crippen molar-refractivity contribution in [3.05, 3.63) is 57.5 Å². The molecular weight excluding hydrogens is 322 g/mol.